The van der Waals surface area contributed by atoms with Crippen LogP contribution in [0.2, 0.25) is 0 Å². The van der Waals surface area contributed by atoms with Gasteiger partial charge in [-0.3, -0.25) is 0 Å². The first kappa shape index (κ1) is 29.5. The second-order valence-corrected chi connectivity index (χ2v) is 14.9. The molecule has 9 aromatic rings. The quantitative estimate of drug-likeness (QED) is 0.181. The van der Waals surface area contributed by atoms with Crippen molar-refractivity contribution in [2.45, 2.75) is 24.9 Å². The molecular weight excluding hydrogens is 655 g/mol. The fraction of sp³-hybridized carbons (Fsp3) is 0.0851. The van der Waals surface area contributed by atoms with E-state index in [1.807, 2.05) is 23.5 Å². The third-order valence-electron chi connectivity index (χ3n) is 10.9. The van der Waals surface area contributed by atoms with Crippen LogP contribution in [0.3, 0.4) is 0 Å². The van der Waals surface area contributed by atoms with Crippen LogP contribution in [0.4, 0.5) is 11.4 Å². The minimum absolute atomic E-state index is 0.109. The van der Waals surface area contributed by atoms with E-state index in [1.54, 1.807) is 0 Å². The molecule has 0 saturated carbocycles. The van der Waals surface area contributed by atoms with Gasteiger partial charge in [0, 0.05) is 59.1 Å². The number of oxazole rings is 1. The van der Waals surface area contributed by atoms with Crippen LogP contribution in [0.1, 0.15) is 23.7 Å². The number of aromatic nitrogens is 2. The van der Waals surface area contributed by atoms with Crippen LogP contribution in [0.15, 0.2) is 162 Å². The smallest absolute Gasteiger partial charge is 0.227 e. The highest BCUT2D eigenvalue weighted by Gasteiger charge is 2.29. The Morgan fingerprint density at radius 1 is 0.692 bits per heavy atom. The van der Waals surface area contributed by atoms with E-state index >= 15 is 0 Å². The van der Waals surface area contributed by atoms with Crippen molar-refractivity contribution >= 4 is 81.7 Å². The molecule has 3 aromatic heterocycles. The van der Waals surface area contributed by atoms with Crippen molar-refractivity contribution in [2.75, 3.05) is 4.90 Å². The highest BCUT2D eigenvalue weighted by molar-refractivity contribution is 7.25. The van der Waals surface area contributed by atoms with Gasteiger partial charge < -0.3 is 13.9 Å². The molecule has 0 radical (unpaired) electrons. The van der Waals surface area contributed by atoms with Crippen LogP contribution in [0.25, 0.3) is 70.5 Å². The van der Waals surface area contributed by atoms with Crippen molar-refractivity contribution in [3.8, 4) is 11.5 Å². The Kier molecular flexibility index (Phi) is 6.64. The van der Waals surface area contributed by atoms with Gasteiger partial charge in [0.2, 0.25) is 5.89 Å². The fourth-order valence-corrected chi connectivity index (χ4v) is 9.55. The normalized spacial score (nSPS) is 16.8. The van der Waals surface area contributed by atoms with E-state index in [1.165, 1.54) is 48.0 Å². The second-order valence-electron chi connectivity index (χ2n) is 13.8. The molecule has 3 heterocycles. The summed E-state index contributed by atoms with van der Waals surface area (Å²) < 4.78 is 11.6. The number of hydrogen-bond donors (Lipinski definition) is 0. The van der Waals surface area contributed by atoms with E-state index in [9.17, 15) is 0 Å². The van der Waals surface area contributed by atoms with Gasteiger partial charge >= 0.3 is 0 Å². The average molecular weight is 688 g/mol. The van der Waals surface area contributed by atoms with Gasteiger partial charge in [-0.05, 0) is 90.5 Å². The number of benzene rings is 6. The van der Waals surface area contributed by atoms with E-state index in [0.717, 1.165) is 46.0 Å². The number of rotatable bonds is 5. The number of para-hydroxylation sites is 1. The van der Waals surface area contributed by atoms with E-state index in [2.05, 4.69) is 161 Å². The maximum Gasteiger partial charge on any atom is 0.227 e. The Balaban J connectivity index is 1.03. The zero-order chi connectivity index (χ0) is 34.2. The molecule has 5 heteroatoms. The molecule has 0 saturated heterocycles. The third-order valence-corrected chi connectivity index (χ3v) is 12.0. The molecule has 4 nitrogen and oxygen atoms in total. The molecule has 2 unspecified atom stereocenters. The highest BCUT2D eigenvalue weighted by Crippen LogP contribution is 2.42. The van der Waals surface area contributed by atoms with Crippen molar-refractivity contribution in [1.29, 1.82) is 0 Å². The summed E-state index contributed by atoms with van der Waals surface area (Å²) in [6.45, 7) is 0. The Hall–Kier alpha value is -6.17. The van der Waals surface area contributed by atoms with Gasteiger partial charge in [0.1, 0.15) is 5.52 Å². The molecule has 52 heavy (non-hydrogen) atoms. The van der Waals surface area contributed by atoms with Gasteiger partial charge in [-0.2, -0.15) is 0 Å². The molecule has 248 valence electrons. The lowest BCUT2D eigenvalue weighted by Gasteiger charge is -2.34. The molecule has 0 amide bonds. The molecule has 2 aliphatic rings. The molecule has 0 aliphatic heterocycles. The maximum atomic E-state index is 6.44. The van der Waals surface area contributed by atoms with Gasteiger partial charge in [-0.15, -0.1) is 11.3 Å². The number of anilines is 2. The molecule has 0 spiro atoms. The summed E-state index contributed by atoms with van der Waals surface area (Å²) >= 11 is 1.86. The fourth-order valence-electron chi connectivity index (χ4n) is 8.46. The number of hydrogen-bond acceptors (Lipinski definition) is 4. The van der Waals surface area contributed by atoms with Crippen molar-refractivity contribution in [3.63, 3.8) is 0 Å². The SMILES string of the molecule is C1=CCC(n2c3c(c4ccccc42)CC(N(c2ccc(-c4nc5ccc6ccccc6c5o4)cc2)c2ccc4sc5ccccc5c4c2)C=C3)C=C1. The summed E-state index contributed by atoms with van der Waals surface area (Å²) in [5, 5.41) is 6.18. The summed E-state index contributed by atoms with van der Waals surface area (Å²) in [5.74, 6) is 0.636. The molecule has 6 aromatic carbocycles. The molecule has 0 N–H and O–H groups in total. The van der Waals surface area contributed by atoms with E-state index < -0.39 is 0 Å². The van der Waals surface area contributed by atoms with E-state index in [-0.39, 0.29) is 6.04 Å². The number of thiophene rings is 1. The van der Waals surface area contributed by atoms with Gasteiger partial charge in [0.05, 0.1) is 12.1 Å². The second kappa shape index (κ2) is 11.7. The zero-order valence-electron chi connectivity index (χ0n) is 28.3. The zero-order valence-corrected chi connectivity index (χ0v) is 29.1. The lowest BCUT2D eigenvalue weighted by Crippen LogP contribution is -2.33. The highest BCUT2D eigenvalue weighted by atomic mass is 32.1. The van der Waals surface area contributed by atoms with E-state index in [4.69, 9.17) is 9.40 Å². The predicted octanol–water partition coefficient (Wildman–Crippen LogP) is 12.8. The molecule has 2 aliphatic carbocycles. The first-order valence-corrected chi connectivity index (χ1v) is 18.8. The summed E-state index contributed by atoms with van der Waals surface area (Å²) in [5.41, 5.74) is 9.01. The van der Waals surface area contributed by atoms with Gasteiger partial charge in [-0.25, -0.2) is 4.98 Å². The van der Waals surface area contributed by atoms with Crippen LogP contribution >= 0.6 is 11.3 Å². The van der Waals surface area contributed by atoms with Gasteiger partial charge in [-0.1, -0.05) is 97.1 Å². The van der Waals surface area contributed by atoms with Crippen molar-refractivity contribution < 1.29 is 4.42 Å². The molecule has 2 atom stereocenters. The topological polar surface area (TPSA) is 34.2 Å². The van der Waals surface area contributed by atoms with Crippen LogP contribution in [0, 0.1) is 0 Å². The lowest BCUT2D eigenvalue weighted by atomic mass is 9.94. The average Bonchev–Trinajstić information content (AvgIpc) is 3.91. The molecule has 0 fully saturated rings. The van der Waals surface area contributed by atoms with Crippen molar-refractivity contribution in [3.05, 3.63) is 169 Å². The van der Waals surface area contributed by atoms with Crippen LogP contribution in [-0.4, -0.2) is 15.6 Å². The number of nitrogens with zero attached hydrogens (tertiary/aromatic N) is 3. The number of allylic oxidation sites excluding steroid dienone is 4. The largest absolute Gasteiger partial charge is 0.435 e. The maximum absolute atomic E-state index is 6.44. The summed E-state index contributed by atoms with van der Waals surface area (Å²) in [6, 6.07) is 46.3. The predicted molar refractivity (Wildman–Crippen MR) is 219 cm³/mol. The Morgan fingerprint density at radius 2 is 1.48 bits per heavy atom. The third kappa shape index (κ3) is 4.63. The molecule has 0 bridgehead atoms. The van der Waals surface area contributed by atoms with Crippen LogP contribution < -0.4 is 4.90 Å². The minimum Gasteiger partial charge on any atom is -0.435 e. The van der Waals surface area contributed by atoms with Crippen molar-refractivity contribution in [2.24, 2.45) is 0 Å². The Labute approximate surface area is 304 Å². The van der Waals surface area contributed by atoms with Gasteiger partial charge in [0.15, 0.2) is 5.58 Å². The summed E-state index contributed by atoms with van der Waals surface area (Å²) in [7, 11) is 0. The lowest BCUT2D eigenvalue weighted by molar-refractivity contribution is 0.618. The summed E-state index contributed by atoms with van der Waals surface area (Å²) in [6.07, 6.45) is 15.6. The van der Waals surface area contributed by atoms with Crippen LogP contribution in [0.5, 0.6) is 0 Å². The first-order valence-electron chi connectivity index (χ1n) is 18.0. The van der Waals surface area contributed by atoms with Crippen LogP contribution in [-0.2, 0) is 6.42 Å². The summed E-state index contributed by atoms with van der Waals surface area (Å²) in [4.78, 5) is 7.42. The molecular formula is C47H33N3OS. The van der Waals surface area contributed by atoms with Gasteiger partial charge in [0.25, 0.3) is 0 Å². The first-order chi connectivity index (χ1) is 25.8. The molecule has 11 rings (SSSR count). The Morgan fingerprint density at radius 3 is 2.37 bits per heavy atom. The minimum atomic E-state index is 0.109. The van der Waals surface area contributed by atoms with Crippen molar-refractivity contribution in [1.82, 2.24) is 9.55 Å². The monoisotopic (exact) mass is 687 g/mol. The number of fused-ring (bicyclic) bond motifs is 9. The standard InChI is InChI=1S/C47H33N3OS/c1-2-11-32(12-3-1)50-42-16-8-6-14-37(42)39-28-34(23-26-43(39)50)49(35-24-27-45-40(29-35)38-15-7-9-17-44(38)52-45)33-21-18-31(19-22-33)47-48-41-25-20-30-10-4-5-13-36(30)46(41)51-47/h1-11,13-27,29,32,34H,12,28H2. The Bertz CT molecular complexity index is 2940. The van der Waals surface area contributed by atoms with E-state index in [0.29, 0.717) is 11.9 Å².